The van der Waals surface area contributed by atoms with E-state index in [-0.39, 0.29) is 24.2 Å². The summed E-state index contributed by atoms with van der Waals surface area (Å²) >= 11 is 0. The van der Waals surface area contributed by atoms with Crippen molar-refractivity contribution in [3.8, 4) is 0 Å². The Bertz CT molecular complexity index is 458. The number of carboxylic acids is 1. The quantitative estimate of drug-likeness (QED) is 0.819. The predicted molar refractivity (Wildman–Crippen MR) is 86.0 cm³/mol. The zero-order valence-corrected chi connectivity index (χ0v) is 15.0. The van der Waals surface area contributed by atoms with Crippen LogP contribution < -0.4 is 5.32 Å². The van der Waals surface area contributed by atoms with Gasteiger partial charge >= 0.3 is 12.1 Å². The van der Waals surface area contributed by atoms with Crippen LogP contribution in [0.15, 0.2) is 0 Å². The summed E-state index contributed by atoms with van der Waals surface area (Å²) in [6.45, 7) is 11.2. The Morgan fingerprint density at radius 1 is 1.26 bits per heavy atom. The number of amides is 1. The molecule has 1 aliphatic carbocycles. The Balaban J connectivity index is 2.90. The van der Waals surface area contributed by atoms with Gasteiger partial charge in [0.05, 0.1) is 6.04 Å². The number of hydrogen-bond donors (Lipinski definition) is 2. The topological polar surface area (TPSA) is 75.6 Å². The Labute approximate surface area is 138 Å². The maximum atomic E-state index is 15.2. The third kappa shape index (κ3) is 4.82. The molecule has 0 aromatic rings. The Morgan fingerprint density at radius 3 is 2.26 bits per heavy atom. The van der Waals surface area contributed by atoms with E-state index in [1.807, 2.05) is 20.8 Å². The molecule has 1 aliphatic rings. The lowest BCUT2D eigenvalue weighted by atomic mass is 9.64. The zero-order chi connectivity index (χ0) is 18.1. The van der Waals surface area contributed by atoms with Crippen molar-refractivity contribution in [3.63, 3.8) is 0 Å². The fourth-order valence-electron chi connectivity index (χ4n) is 3.03. The molecule has 0 aliphatic heterocycles. The fourth-order valence-corrected chi connectivity index (χ4v) is 3.03. The molecule has 5 nitrogen and oxygen atoms in total. The summed E-state index contributed by atoms with van der Waals surface area (Å²) in [6, 6.07) is -1.07. The van der Waals surface area contributed by atoms with Gasteiger partial charge in [0, 0.05) is 0 Å². The molecule has 6 heteroatoms. The Kier molecular flexibility index (Phi) is 5.70. The lowest BCUT2D eigenvalue weighted by molar-refractivity contribution is -0.158. The molecule has 2 N–H and O–H groups in total. The van der Waals surface area contributed by atoms with Gasteiger partial charge in [0.2, 0.25) is 5.67 Å². The van der Waals surface area contributed by atoms with Gasteiger partial charge in [-0.1, -0.05) is 27.2 Å². The van der Waals surface area contributed by atoms with Gasteiger partial charge in [-0.25, -0.2) is 14.0 Å². The maximum absolute atomic E-state index is 15.2. The fraction of sp³-hybridized carbons (Fsp3) is 0.882. The van der Waals surface area contributed by atoms with Crippen LogP contribution in [0.25, 0.3) is 0 Å². The number of rotatable bonds is 4. The van der Waals surface area contributed by atoms with E-state index in [1.54, 1.807) is 20.8 Å². The molecule has 1 fully saturated rings. The average Bonchev–Trinajstić information content (AvgIpc) is 2.38. The maximum Gasteiger partial charge on any atom is 0.407 e. The van der Waals surface area contributed by atoms with E-state index in [1.165, 1.54) is 0 Å². The number of alkyl carbamates (subject to hydrolysis) is 1. The van der Waals surface area contributed by atoms with Crippen molar-refractivity contribution in [2.75, 3.05) is 0 Å². The summed E-state index contributed by atoms with van der Waals surface area (Å²) in [5.41, 5.74) is -3.32. The van der Waals surface area contributed by atoms with Crippen molar-refractivity contribution in [2.24, 2.45) is 11.3 Å². The highest BCUT2D eigenvalue weighted by Gasteiger charge is 2.54. The van der Waals surface area contributed by atoms with Crippen molar-refractivity contribution >= 4 is 12.1 Å². The first-order chi connectivity index (χ1) is 10.3. The third-order valence-corrected chi connectivity index (χ3v) is 4.96. The molecule has 0 saturated heterocycles. The summed E-state index contributed by atoms with van der Waals surface area (Å²) in [4.78, 5) is 23.4. The number of aliphatic carboxylic acids is 1. The molecule has 0 bridgehead atoms. The van der Waals surface area contributed by atoms with Crippen molar-refractivity contribution in [1.29, 1.82) is 0 Å². The largest absolute Gasteiger partial charge is 0.479 e. The molecular formula is C17H30FNO4. The molecule has 3 unspecified atom stereocenters. The van der Waals surface area contributed by atoms with Crippen LogP contribution in [0.2, 0.25) is 0 Å². The summed E-state index contributed by atoms with van der Waals surface area (Å²) in [6.07, 6.45) is 0.941. The van der Waals surface area contributed by atoms with Crippen LogP contribution in [0, 0.1) is 11.3 Å². The van der Waals surface area contributed by atoms with Crippen molar-refractivity contribution < 1.29 is 23.8 Å². The molecule has 1 rings (SSSR count). The van der Waals surface area contributed by atoms with Gasteiger partial charge in [0.1, 0.15) is 5.60 Å². The number of carbonyl (C=O) groups is 2. The monoisotopic (exact) mass is 331 g/mol. The van der Waals surface area contributed by atoms with Gasteiger partial charge in [0.15, 0.2) is 0 Å². The normalized spacial score (nSPS) is 29.0. The highest BCUT2D eigenvalue weighted by Crippen LogP contribution is 2.45. The van der Waals surface area contributed by atoms with Gasteiger partial charge in [-0.15, -0.1) is 0 Å². The SMILES string of the molecule is CCC(C)(C)C1CCC(NC(=O)OC(C)(C)C)C(F)(C(=O)O)C1. The molecule has 134 valence electrons. The Morgan fingerprint density at radius 2 is 1.83 bits per heavy atom. The summed E-state index contributed by atoms with van der Waals surface area (Å²) in [5, 5.41) is 11.8. The third-order valence-electron chi connectivity index (χ3n) is 4.96. The number of ether oxygens (including phenoxy) is 1. The van der Waals surface area contributed by atoms with Gasteiger partial charge in [-0.05, 0) is 51.4 Å². The van der Waals surface area contributed by atoms with E-state index in [0.29, 0.717) is 6.42 Å². The van der Waals surface area contributed by atoms with E-state index in [9.17, 15) is 14.7 Å². The minimum absolute atomic E-state index is 0.0368. The second-order valence-corrected chi connectivity index (χ2v) is 8.19. The van der Waals surface area contributed by atoms with E-state index in [0.717, 1.165) is 6.42 Å². The number of carbonyl (C=O) groups excluding carboxylic acids is 1. The molecule has 0 heterocycles. The minimum atomic E-state index is -2.47. The van der Waals surface area contributed by atoms with E-state index < -0.39 is 29.4 Å². The van der Waals surface area contributed by atoms with Crippen LogP contribution in [0.5, 0.6) is 0 Å². The summed E-state index contributed by atoms with van der Waals surface area (Å²) < 4.78 is 20.3. The number of carboxylic acid groups (broad SMARTS) is 1. The zero-order valence-electron chi connectivity index (χ0n) is 15.0. The molecule has 1 amide bonds. The summed E-state index contributed by atoms with van der Waals surface area (Å²) in [7, 11) is 0. The molecule has 0 aromatic heterocycles. The van der Waals surface area contributed by atoms with Crippen molar-refractivity contribution in [3.05, 3.63) is 0 Å². The second kappa shape index (κ2) is 6.65. The van der Waals surface area contributed by atoms with Crippen LogP contribution in [0.4, 0.5) is 9.18 Å². The van der Waals surface area contributed by atoms with Crippen LogP contribution in [0.3, 0.4) is 0 Å². The van der Waals surface area contributed by atoms with Gasteiger partial charge in [-0.2, -0.15) is 0 Å². The molecule has 23 heavy (non-hydrogen) atoms. The number of alkyl halides is 1. The number of nitrogens with one attached hydrogen (secondary N) is 1. The molecule has 0 aromatic carbocycles. The lowest BCUT2D eigenvalue weighted by Crippen LogP contribution is -2.59. The molecule has 1 saturated carbocycles. The predicted octanol–water partition coefficient (Wildman–Crippen LogP) is 3.91. The first-order valence-corrected chi connectivity index (χ1v) is 8.23. The van der Waals surface area contributed by atoms with Crippen molar-refractivity contribution in [1.82, 2.24) is 5.32 Å². The van der Waals surface area contributed by atoms with E-state index >= 15 is 4.39 Å². The number of hydrogen-bond acceptors (Lipinski definition) is 3. The standard InChI is InChI=1S/C17H30FNO4/c1-7-16(5,6)11-8-9-12(17(18,10-11)13(20)21)19-14(22)23-15(2,3)4/h11-12H,7-10H2,1-6H3,(H,19,22)(H,20,21). The van der Waals surface area contributed by atoms with E-state index in [4.69, 9.17) is 4.74 Å². The van der Waals surface area contributed by atoms with Crippen LogP contribution >= 0.6 is 0 Å². The lowest BCUT2D eigenvalue weighted by Gasteiger charge is -2.44. The van der Waals surface area contributed by atoms with Gasteiger partial charge in [-0.3, -0.25) is 0 Å². The van der Waals surface area contributed by atoms with Crippen LogP contribution in [-0.2, 0) is 9.53 Å². The molecular weight excluding hydrogens is 301 g/mol. The van der Waals surface area contributed by atoms with E-state index in [2.05, 4.69) is 5.32 Å². The van der Waals surface area contributed by atoms with Crippen LogP contribution in [0.1, 0.15) is 67.2 Å². The Hall–Kier alpha value is -1.33. The minimum Gasteiger partial charge on any atom is -0.479 e. The van der Waals surface area contributed by atoms with Crippen molar-refractivity contribution in [2.45, 2.75) is 84.5 Å². The molecule has 3 atom stereocenters. The average molecular weight is 331 g/mol. The molecule has 0 radical (unpaired) electrons. The summed E-state index contributed by atoms with van der Waals surface area (Å²) in [5.74, 6) is -1.56. The van der Waals surface area contributed by atoms with Gasteiger partial charge in [0.25, 0.3) is 0 Å². The molecule has 0 spiro atoms. The number of halogens is 1. The highest BCUT2D eigenvalue weighted by molar-refractivity contribution is 5.80. The smallest absolute Gasteiger partial charge is 0.407 e. The first-order valence-electron chi connectivity index (χ1n) is 8.23. The first kappa shape index (κ1) is 19.7. The van der Waals surface area contributed by atoms with Gasteiger partial charge < -0.3 is 15.2 Å². The van der Waals surface area contributed by atoms with Crippen LogP contribution in [-0.4, -0.2) is 34.5 Å². The second-order valence-electron chi connectivity index (χ2n) is 8.19. The highest BCUT2D eigenvalue weighted by atomic mass is 19.1.